The zero-order chi connectivity index (χ0) is 18.2. The zero-order valence-corrected chi connectivity index (χ0v) is 14.7. The van der Waals surface area contributed by atoms with Gasteiger partial charge in [-0.1, -0.05) is 91.0 Å². The average Bonchev–Trinajstić information content (AvgIpc) is 3.39. The van der Waals surface area contributed by atoms with E-state index in [1.54, 1.807) is 6.92 Å². The molecule has 1 unspecified atom stereocenters. The summed E-state index contributed by atoms with van der Waals surface area (Å²) in [7, 11) is 0. The van der Waals surface area contributed by atoms with Gasteiger partial charge in [-0.15, -0.1) is 0 Å². The Hall–Kier alpha value is -2.91. The number of carboxylic acids is 1. The minimum atomic E-state index is -0.887. The second-order valence-corrected chi connectivity index (χ2v) is 6.97. The maximum absolute atomic E-state index is 12.0. The number of rotatable bonds is 5. The average molecular weight is 343 g/mol. The number of carboxylic acid groups (broad SMARTS) is 1. The zero-order valence-electron chi connectivity index (χ0n) is 14.7. The Morgan fingerprint density at radius 2 is 1.15 bits per heavy atom. The summed E-state index contributed by atoms with van der Waals surface area (Å²) in [6.07, 6.45) is 0. The van der Waals surface area contributed by atoms with Crippen LogP contribution in [0.5, 0.6) is 0 Å². The van der Waals surface area contributed by atoms with Crippen molar-refractivity contribution in [3.8, 4) is 0 Å². The van der Waals surface area contributed by atoms with Crippen molar-refractivity contribution in [3.63, 3.8) is 0 Å². The summed E-state index contributed by atoms with van der Waals surface area (Å²) < 4.78 is 0. The quantitative estimate of drug-likeness (QED) is 0.559. The van der Waals surface area contributed by atoms with Gasteiger partial charge in [-0.25, -0.2) is 0 Å². The molecule has 1 aliphatic heterocycles. The lowest BCUT2D eigenvalue weighted by Crippen LogP contribution is -2.43. The van der Waals surface area contributed by atoms with Crippen molar-refractivity contribution in [1.82, 2.24) is 4.90 Å². The summed E-state index contributed by atoms with van der Waals surface area (Å²) in [4.78, 5) is 14.1. The van der Waals surface area contributed by atoms with Crippen LogP contribution in [0.4, 0.5) is 0 Å². The van der Waals surface area contributed by atoms with Crippen LogP contribution in [-0.4, -0.2) is 28.1 Å². The molecule has 1 saturated heterocycles. The second-order valence-electron chi connectivity index (χ2n) is 6.97. The van der Waals surface area contributed by atoms with Gasteiger partial charge >= 0.3 is 5.97 Å². The normalized spacial score (nSPS) is 22.0. The monoisotopic (exact) mass is 343 g/mol. The van der Waals surface area contributed by atoms with E-state index < -0.39 is 17.0 Å². The molecule has 26 heavy (non-hydrogen) atoms. The molecule has 2 atom stereocenters. The summed E-state index contributed by atoms with van der Waals surface area (Å²) in [5, 5.41) is 9.85. The van der Waals surface area contributed by atoms with Crippen molar-refractivity contribution in [1.29, 1.82) is 0 Å². The Morgan fingerprint density at radius 3 is 1.42 bits per heavy atom. The highest BCUT2D eigenvalue weighted by atomic mass is 16.4. The van der Waals surface area contributed by atoms with Gasteiger partial charge in [0.25, 0.3) is 0 Å². The third kappa shape index (κ3) is 2.36. The Morgan fingerprint density at radius 1 is 0.808 bits per heavy atom. The molecule has 0 amide bonds. The van der Waals surface area contributed by atoms with Gasteiger partial charge in [0, 0.05) is 6.54 Å². The molecule has 4 rings (SSSR count). The largest absolute Gasteiger partial charge is 0.480 e. The fraction of sp³-hybridized carbons (Fsp3) is 0.174. The Bertz CT molecular complexity index is 812. The lowest BCUT2D eigenvalue weighted by atomic mass is 9.76. The van der Waals surface area contributed by atoms with Crippen molar-refractivity contribution in [3.05, 3.63) is 108 Å². The van der Waals surface area contributed by atoms with Crippen LogP contribution in [0.15, 0.2) is 91.0 Å². The Balaban J connectivity index is 2.04. The molecule has 3 aromatic rings. The predicted molar refractivity (Wildman–Crippen MR) is 102 cm³/mol. The Labute approximate surface area is 153 Å². The highest BCUT2D eigenvalue weighted by Crippen LogP contribution is 2.52. The molecule has 3 heteroatoms. The third-order valence-corrected chi connectivity index (χ3v) is 5.40. The third-order valence-electron chi connectivity index (χ3n) is 5.40. The van der Waals surface area contributed by atoms with Gasteiger partial charge in [0.05, 0.1) is 5.54 Å². The maximum Gasteiger partial charge on any atom is 0.325 e. The molecule has 1 fully saturated rings. The smallest absolute Gasteiger partial charge is 0.325 e. The molecule has 1 aliphatic rings. The molecular formula is C23H21NO2. The van der Waals surface area contributed by atoms with Crippen molar-refractivity contribution in [2.24, 2.45) is 0 Å². The lowest BCUT2D eigenvalue weighted by Gasteiger charge is -2.39. The van der Waals surface area contributed by atoms with Crippen molar-refractivity contribution in [2.45, 2.75) is 18.0 Å². The van der Waals surface area contributed by atoms with Gasteiger partial charge in [0.1, 0.15) is 5.54 Å². The molecule has 1 N–H and O–H groups in total. The van der Waals surface area contributed by atoms with Crippen molar-refractivity contribution >= 4 is 5.97 Å². The number of benzene rings is 3. The molecule has 130 valence electrons. The van der Waals surface area contributed by atoms with E-state index in [4.69, 9.17) is 0 Å². The first kappa shape index (κ1) is 16.6. The minimum absolute atomic E-state index is 0.501. The van der Waals surface area contributed by atoms with Crippen molar-refractivity contribution in [2.75, 3.05) is 6.54 Å². The standard InChI is InChI=1S/C23H21NO2/c1-22(21(25)26)17-24(22)23(18-11-5-2-6-12-18,19-13-7-3-8-14-19)20-15-9-4-10-16-20/h2-16H,17H2,1H3,(H,25,26)/t22-,24?/m0/s1. The molecule has 0 aliphatic carbocycles. The first-order chi connectivity index (χ1) is 12.6. The number of aliphatic carboxylic acids is 1. The number of hydrogen-bond donors (Lipinski definition) is 1. The van der Waals surface area contributed by atoms with Crippen LogP contribution in [0, 0.1) is 0 Å². The van der Waals surface area contributed by atoms with Crippen LogP contribution < -0.4 is 0 Å². The first-order valence-corrected chi connectivity index (χ1v) is 8.78. The van der Waals surface area contributed by atoms with E-state index in [9.17, 15) is 9.90 Å². The molecule has 0 radical (unpaired) electrons. The topological polar surface area (TPSA) is 40.3 Å². The summed E-state index contributed by atoms with van der Waals surface area (Å²) in [6, 6.07) is 30.5. The van der Waals surface area contributed by atoms with Crippen LogP contribution in [0.3, 0.4) is 0 Å². The molecule has 0 spiro atoms. The minimum Gasteiger partial charge on any atom is -0.480 e. The van der Waals surface area contributed by atoms with Gasteiger partial charge in [-0.05, 0) is 23.6 Å². The summed E-state index contributed by atoms with van der Waals surface area (Å²) in [6.45, 7) is 2.31. The number of nitrogens with zero attached hydrogens (tertiary/aromatic N) is 1. The molecule has 1 heterocycles. The highest BCUT2D eigenvalue weighted by molar-refractivity contribution is 5.83. The molecule has 3 nitrogen and oxygen atoms in total. The number of hydrogen-bond acceptors (Lipinski definition) is 2. The maximum atomic E-state index is 12.0. The fourth-order valence-electron chi connectivity index (χ4n) is 3.95. The van der Waals surface area contributed by atoms with Gasteiger partial charge in [0.2, 0.25) is 0 Å². The molecule has 0 aromatic heterocycles. The molecule has 0 bridgehead atoms. The second kappa shape index (κ2) is 6.11. The summed E-state index contributed by atoms with van der Waals surface area (Å²) in [5.74, 6) is -0.787. The van der Waals surface area contributed by atoms with Crippen molar-refractivity contribution < 1.29 is 9.90 Å². The fourth-order valence-corrected chi connectivity index (χ4v) is 3.95. The van der Waals surface area contributed by atoms with Crippen LogP contribution in [0.1, 0.15) is 23.6 Å². The predicted octanol–water partition coefficient (Wildman–Crippen LogP) is 4.14. The summed E-state index contributed by atoms with van der Waals surface area (Å²) >= 11 is 0. The van der Waals surface area contributed by atoms with E-state index in [0.29, 0.717) is 6.54 Å². The van der Waals surface area contributed by atoms with E-state index in [1.165, 1.54) is 0 Å². The van der Waals surface area contributed by atoms with Gasteiger partial charge in [-0.2, -0.15) is 0 Å². The van der Waals surface area contributed by atoms with Gasteiger partial charge < -0.3 is 5.11 Å². The summed E-state index contributed by atoms with van der Waals surface area (Å²) in [5.41, 5.74) is 1.69. The highest BCUT2D eigenvalue weighted by Gasteiger charge is 2.64. The van der Waals surface area contributed by atoms with Crippen LogP contribution >= 0.6 is 0 Å². The van der Waals surface area contributed by atoms with Crippen LogP contribution in [0.25, 0.3) is 0 Å². The van der Waals surface area contributed by atoms with E-state index in [0.717, 1.165) is 16.7 Å². The van der Waals surface area contributed by atoms with E-state index >= 15 is 0 Å². The molecule has 3 aromatic carbocycles. The van der Waals surface area contributed by atoms with E-state index in [-0.39, 0.29) is 0 Å². The van der Waals surface area contributed by atoms with Crippen LogP contribution in [0.2, 0.25) is 0 Å². The Kier molecular flexibility index (Phi) is 3.89. The van der Waals surface area contributed by atoms with Gasteiger partial charge in [-0.3, -0.25) is 9.69 Å². The molecule has 0 saturated carbocycles. The van der Waals surface area contributed by atoms with Gasteiger partial charge in [0.15, 0.2) is 0 Å². The van der Waals surface area contributed by atoms with Crippen LogP contribution in [-0.2, 0) is 10.3 Å². The SMILES string of the molecule is C[C@@]1(C(=O)O)CN1C(c1ccccc1)(c1ccccc1)c1ccccc1. The van der Waals surface area contributed by atoms with E-state index in [1.807, 2.05) is 54.6 Å². The number of carbonyl (C=O) groups is 1. The lowest BCUT2D eigenvalue weighted by molar-refractivity contribution is -0.141. The first-order valence-electron chi connectivity index (χ1n) is 8.78. The molecular weight excluding hydrogens is 322 g/mol. The van der Waals surface area contributed by atoms with E-state index in [2.05, 4.69) is 41.3 Å².